The van der Waals surface area contributed by atoms with E-state index in [1.54, 1.807) is 0 Å². The molecule has 4 rings (SSSR count). The molecule has 3 heteroatoms. The highest BCUT2D eigenvalue weighted by Gasteiger charge is 2.27. The quantitative estimate of drug-likeness (QED) is 0.772. The summed E-state index contributed by atoms with van der Waals surface area (Å²) in [5.74, 6) is 0.207. The maximum atomic E-state index is 12.8. The zero-order chi connectivity index (χ0) is 17.4. The summed E-state index contributed by atoms with van der Waals surface area (Å²) in [6, 6.07) is 17.0. The highest BCUT2D eigenvalue weighted by Crippen LogP contribution is 2.30. The molecule has 1 N–H and O–H groups in total. The average Bonchev–Trinajstić information content (AvgIpc) is 2.99. The number of fused-ring (bicyclic) bond motifs is 3. The Morgan fingerprint density at radius 1 is 1.20 bits per heavy atom. The lowest BCUT2D eigenvalue weighted by Crippen LogP contribution is -2.41. The topological polar surface area (TPSA) is 36.1 Å². The summed E-state index contributed by atoms with van der Waals surface area (Å²) in [5.41, 5.74) is 6.25. The number of H-pyrrole nitrogens is 1. The molecule has 1 aromatic heterocycles. The van der Waals surface area contributed by atoms with Gasteiger partial charge >= 0.3 is 0 Å². The maximum absolute atomic E-state index is 12.8. The summed E-state index contributed by atoms with van der Waals surface area (Å²) >= 11 is 0. The Kier molecular flexibility index (Phi) is 4.08. The standard InChI is InChI=1S/C22H24N2O/c1-15-6-5-7-16(12-15)13-22(25)24(2)17-10-11-21-19(14-17)18-8-3-4-9-20(18)23-21/h3-9,12,17,23H,10-11,13-14H2,1-2H3. The molecule has 1 aliphatic carbocycles. The minimum Gasteiger partial charge on any atom is -0.358 e. The number of nitrogens with one attached hydrogen (secondary N) is 1. The molecule has 0 bridgehead atoms. The zero-order valence-corrected chi connectivity index (χ0v) is 14.9. The number of carbonyl (C=O) groups excluding carboxylic acids is 1. The van der Waals surface area contributed by atoms with E-state index in [2.05, 4.69) is 48.3 Å². The zero-order valence-electron chi connectivity index (χ0n) is 14.9. The molecule has 3 nitrogen and oxygen atoms in total. The molecule has 25 heavy (non-hydrogen) atoms. The molecular formula is C22H24N2O. The lowest BCUT2D eigenvalue weighted by atomic mass is 9.90. The van der Waals surface area contributed by atoms with Crippen molar-refractivity contribution in [3.63, 3.8) is 0 Å². The van der Waals surface area contributed by atoms with Gasteiger partial charge in [0.25, 0.3) is 0 Å². The molecule has 1 heterocycles. The summed E-state index contributed by atoms with van der Waals surface area (Å²) in [7, 11) is 1.96. The Bertz CT molecular complexity index is 925. The van der Waals surface area contributed by atoms with Gasteiger partial charge in [-0.05, 0) is 43.4 Å². The van der Waals surface area contributed by atoms with Gasteiger partial charge in [0.15, 0.2) is 0 Å². The molecule has 1 amide bonds. The SMILES string of the molecule is Cc1cccc(CC(=O)N(C)C2CCc3[nH]c4ccccc4c3C2)c1. The van der Waals surface area contributed by atoms with Crippen LogP contribution in [0.25, 0.3) is 10.9 Å². The Morgan fingerprint density at radius 3 is 2.88 bits per heavy atom. The summed E-state index contributed by atoms with van der Waals surface area (Å²) in [6.45, 7) is 2.07. The van der Waals surface area contributed by atoms with Gasteiger partial charge in [-0.15, -0.1) is 0 Å². The van der Waals surface area contributed by atoms with Gasteiger partial charge in [-0.3, -0.25) is 4.79 Å². The van der Waals surface area contributed by atoms with Crippen molar-refractivity contribution in [2.24, 2.45) is 0 Å². The summed E-state index contributed by atoms with van der Waals surface area (Å²) in [6.07, 6.45) is 3.46. The van der Waals surface area contributed by atoms with Crippen LogP contribution in [-0.4, -0.2) is 28.9 Å². The van der Waals surface area contributed by atoms with E-state index in [1.165, 1.54) is 27.7 Å². The largest absolute Gasteiger partial charge is 0.358 e. The van der Waals surface area contributed by atoms with Gasteiger partial charge in [0.2, 0.25) is 5.91 Å². The van der Waals surface area contributed by atoms with Gasteiger partial charge in [0, 0.05) is 29.7 Å². The Hall–Kier alpha value is -2.55. The second-order valence-electron chi connectivity index (χ2n) is 7.19. The van der Waals surface area contributed by atoms with Crippen molar-refractivity contribution < 1.29 is 4.79 Å². The van der Waals surface area contributed by atoms with E-state index in [-0.39, 0.29) is 11.9 Å². The molecule has 3 aromatic rings. The van der Waals surface area contributed by atoms with Crippen LogP contribution < -0.4 is 0 Å². The molecule has 2 aromatic carbocycles. The molecule has 0 fully saturated rings. The van der Waals surface area contributed by atoms with Crippen LogP contribution in [0.5, 0.6) is 0 Å². The molecule has 0 saturated heterocycles. The van der Waals surface area contributed by atoms with Crippen molar-refractivity contribution in [1.82, 2.24) is 9.88 Å². The van der Waals surface area contributed by atoms with Crippen molar-refractivity contribution in [1.29, 1.82) is 0 Å². The van der Waals surface area contributed by atoms with Crippen LogP contribution in [0, 0.1) is 6.92 Å². The number of nitrogens with zero attached hydrogens (tertiary/aromatic N) is 1. The number of rotatable bonds is 3. The Labute approximate surface area is 148 Å². The van der Waals surface area contributed by atoms with Crippen LogP contribution in [-0.2, 0) is 24.1 Å². The fourth-order valence-corrected chi connectivity index (χ4v) is 4.01. The third kappa shape index (κ3) is 3.07. The second-order valence-corrected chi connectivity index (χ2v) is 7.19. The van der Waals surface area contributed by atoms with Crippen LogP contribution in [0.2, 0.25) is 0 Å². The minimum atomic E-state index is 0.207. The van der Waals surface area contributed by atoms with Crippen LogP contribution in [0.15, 0.2) is 48.5 Å². The third-order valence-corrected chi connectivity index (χ3v) is 5.45. The molecule has 1 unspecified atom stereocenters. The lowest BCUT2D eigenvalue weighted by molar-refractivity contribution is -0.131. The third-order valence-electron chi connectivity index (χ3n) is 5.45. The second kappa shape index (κ2) is 6.40. The van der Waals surface area contributed by atoms with E-state index >= 15 is 0 Å². The highest BCUT2D eigenvalue weighted by atomic mass is 16.2. The fraction of sp³-hybridized carbons (Fsp3) is 0.318. The van der Waals surface area contributed by atoms with Crippen molar-refractivity contribution in [2.45, 2.75) is 38.6 Å². The van der Waals surface area contributed by atoms with Gasteiger partial charge in [-0.2, -0.15) is 0 Å². The predicted molar refractivity (Wildman–Crippen MR) is 102 cm³/mol. The number of aromatic amines is 1. The highest BCUT2D eigenvalue weighted by molar-refractivity contribution is 5.85. The Morgan fingerprint density at radius 2 is 2.04 bits per heavy atom. The van der Waals surface area contributed by atoms with Gasteiger partial charge in [-0.25, -0.2) is 0 Å². The van der Waals surface area contributed by atoms with Crippen LogP contribution in [0.4, 0.5) is 0 Å². The molecule has 1 aliphatic rings. The van der Waals surface area contributed by atoms with E-state index < -0.39 is 0 Å². The lowest BCUT2D eigenvalue weighted by Gasteiger charge is -2.31. The summed E-state index contributed by atoms with van der Waals surface area (Å²) in [5, 5.41) is 1.31. The van der Waals surface area contributed by atoms with E-state index in [1.807, 2.05) is 24.1 Å². The number of carbonyl (C=O) groups is 1. The summed E-state index contributed by atoms with van der Waals surface area (Å²) < 4.78 is 0. The first-order valence-electron chi connectivity index (χ1n) is 9.01. The Balaban J connectivity index is 1.51. The van der Waals surface area contributed by atoms with Crippen LogP contribution in [0.3, 0.4) is 0 Å². The van der Waals surface area contributed by atoms with Crippen molar-refractivity contribution in [2.75, 3.05) is 7.05 Å². The maximum Gasteiger partial charge on any atom is 0.226 e. The number of likely N-dealkylation sites (N-methyl/N-ethyl adjacent to an activating group) is 1. The van der Waals surface area contributed by atoms with Crippen LogP contribution >= 0.6 is 0 Å². The number of hydrogen-bond donors (Lipinski definition) is 1. The van der Waals surface area contributed by atoms with Crippen molar-refractivity contribution in [3.8, 4) is 0 Å². The number of benzene rings is 2. The first-order valence-corrected chi connectivity index (χ1v) is 9.01. The number of aryl methyl sites for hydroxylation is 2. The van der Waals surface area contributed by atoms with Gasteiger partial charge < -0.3 is 9.88 Å². The van der Waals surface area contributed by atoms with Crippen LogP contribution in [0.1, 0.15) is 28.8 Å². The van der Waals surface area contributed by atoms with Gasteiger partial charge in [-0.1, -0.05) is 48.0 Å². The van der Waals surface area contributed by atoms with E-state index in [4.69, 9.17) is 0 Å². The number of para-hydroxylation sites is 1. The molecular weight excluding hydrogens is 308 g/mol. The monoisotopic (exact) mass is 332 g/mol. The van der Waals surface area contributed by atoms with Crippen molar-refractivity contribution >= 4 is 16.8 Å². The molecule has 0 saturated carbocycles. The smallest absolute Gasteiger partial charge is 0.226 e. The molecule has 0 radical (unpaired) electrons. The van der Waals surface area contributed by atoms with Crippen molar-refractivity contribution in [3.05, 3.63) is 70.9 Å². The van der Waals surface area contributed by atoms with Gasteiger partial charge in [0.1, 0.15) is 0 Å². The number of amides is 1. The van der Waals surface area contributed by atoms with E-state index in [0.29, 0.717) is 6.42 Å². The number of aromatic nitrogens is 1. The first-order chi connectivity index (χ1) is 12.1. The molecule has 0 spiro atoms. The normalized spacial score (nSPS) is 16.6. The minimum absolute atomic E-state index is 0.207. The van der Waals surface area contributed by atoms with Gasteiger partial charge in [0.05, 0.1) is 6.42 Å². The van der Waals surface area contributed by atoms with E-state index in [0.717, 1.165) is 24.8 Å². The summed E-state index contributed by atoms with van der Waals surface area (Å²) in [4.78, 5) is 18.3. The predicted octanol–water partition coefficient (Wildman–Crippen LogP) is 4.03. The fourth-order valence-electron chi connectivity index (χ4n) is 4.01. The number of hydrogen-bond acceptors (Lipinski definition) is 1. The first kappa shape index (κ1) is 15.9. The molecule has 128 valence electrons. The molecule has 0 aliphatic heterocycles. The average molecular weight is 332 g/mol. The van der Waals surface area contributed by atoms with E-state index in [9.17, 15) is 4.79 Å². The molecule has 1 atom stereocenters.